The number of halogens is 1. The molecule has 3 rings (SSSR count). The van der Waals surface area contributed by atoms with E-state index in [9.17, 15) is 4.79 Å². The number of hydrogen-bond donors (Lipinski definition) is 1. The molecule has 0 aliphatic carbocycles. The van der Waals surface area contributed by atoms with Crippen LogP contribution in [0.3, 0.4) is 0 Å². The standard InChI is InChI=1S/C21H22ClN3OS/c1-15-6-8-18(9-7-15)23-20(26)11-21-24-19(14-27-21)13-25(2)12-16-4-3-5-17(22)10-16/h3-10,14H,11-13H2,1-2H3,(H,23,26). The van der Waals surface area contributed by atoms with Crippen molar-refractivity contribution in [2.75, 3.05) is 12.4 Å². The fourth-order valence-corrected chi connectivity index (χ4v) is 3.76. The van der Waals surface area contributed by atoms with Gasteiger partial charge in [-0.25, -0.2) is 4.98 Å². The van der Waals surface area contributed by atoms with Crippen LogP contribution in [0.15, 0.2) is 53.9 Å². The van der Waals surface area contributed by atoms with Crippen LogP contribution in [0.4, 0.5) is 5.69 Å². The highest BCUT2D eigenvalue weighted by molar-refractivity contribution is 7.09. The van der Waals surface area contributed by atoms with Crippen LogP contribution >= 0.6 is 22.9 Å². The van der Waals surface area contributed by atoms with E-state index < -0.39 is 0 Å². The number of hydrogen-bond acceptors (Lipinski definition) is 4. The molecule has 0 saturated heterocycles. The highest BCUT2D eigenvalue weighted by atomic mass is 35.5. The molecular weight excluding hydrogens is 378 g/mol. The Kier molecular flexibility index (Phi) is 6.61. The van der Waals surface area contributed by atoms with E-state index in [1.54, 1.807) is 0 Å². The zero-order valence-corrected chi connectivity index (χ0v) is 17.0. The third kappa shape index (κ3) is 6.17. The molecule has 0 radical (unpaired) electrons. The van der Waals surface area contributed by atoms with Crippen molar-refractivity contribution in [3.05, 3.63) is 80.8 Å². The van der Waals surface area contributed by atoms with Crippen LogP contribution in [-0.4, -0.2) is 22.8 Å². The van der Waals surface area contributed by atoms with Gasteiger partial charge in [-0.1, -0.05) is 41.4 Å². The van der Waals surface area contributed by atoms with Gasteiger partial charge in [0, 0.05) is 29.2 Å². The van der Waals surface area contributed by atoms with Crippen molar-refractivity contribution < 1.29 is 4.79 Å². The fraction of sp³-hybridized carbons (Fsp3) is 0.238. The number of nitrogens with zero attached hydrogens (tertiary/aromatic N) is 2. The van der Waals surface area contributed by atoms with Gasteiger partial charge in [0.2, 0.25) is 5.91 Å². The number of rotatable bonds is 7. The van der Waals surface area contributed by atoms with Crippen LogP contribution < -0.4 is 5.32 Å². The van der Waals surface area contributed by atoms with E-state index in [1.165, 1.54) is 16.9 Å². The van der Waals surface area contributed by atoms with Crippen molar-refractivity contribution in [2.24, 2.45) is 0 Å². The van der Waals surface area contributed by atoms with Crippen LogP contribution in [0.1, 0.15) is 21.8 Å². The number of nitrogens with one attached hydrogen (secondary N) is 1. The summed E-state index contributed by atoms with van der Waals surface area (Å²) in [7, 11) is 2.05. The van der Waals surface area contributed by atoms with Crippen LogP contribution in [0.2, 0.25) is 5.02 Å². The molecule has 0 aliphatic rings. The summed E-state index contributed by atoms with van der Waals surface area (Å²) in [4.78, 5) is 19.0. The minimum atomic E-state index is -0.0490. The highest BCUT2D eigenvalue weighted by Gasteiger charge is 2.10. The smallest absolute Gasteiger partial charge is 0.231 e. The maximum Gasteiger partial charge on any atom is 0.231 e. The average molecular weight is 400 g/mol. The minimum absolute atomic E-state index is 0.0490. The molecule has 0 aliphatic heterocycles. The molecule has 140 valence electrons. The molecule has 4 nitrogen and oxygen atoms in total. The number of aryl methyl sites for hydroxylation is 1. The van der Waals surface area contributed by atoms with Crippen LogP contribution in [-0.2, 0) is 24.3 Å². The molecule has 2 aromatic carbocycles. The third-order valence-electron chi connectivity index (χ3n) is 4.02. The summed E-state index contributed by atoms with van der Waals surface area (Å²) < 4.78 is 0. The molecule has 0 fully saturated rings. The van der Waals surface area contributed by atoms with E-state index in [4.69, 9.17) is 11.6 Å². The Bertz CT molecular complexity index is 908. The molecule has 0 atom stereocenters. The molecule has 1 aromatic heterocycles. The van der Waals surface area contributed by atoms with Gasteiger partial charge >= 0.3 is 0 Å². The highest BCUT2D eigenvalue weighted by Crippen LogP contribution is 2.16. The first-order valence-corrected chi connectivity index (χ1v) is 9.96. The summed E-state index contributed by atoms with van der Waals surface area (Å²) in [5.74, 6) is -0.0490. The Balaban J connectivity index is 1.51. The summed E-state index contributed by atoms with van der Waals surface area (Å²) in [5.41, 5.74) is 4.11. The number of thiazole rings is 1. The van der Waals surface area contributed by atoms with Crippen molar-refractivity contribution in [3.63, 3.8) is 0 Å². The van der Waals surface area contributed by atoms with Crippen molar-refractivity contribution in [3.8, 4) is 0 Å². The van der Waals surface area contributed by atoms with Gasteiger partial charge in [-0.2, -0.15) is 0 Å². The molecular formula is C21H22ClN3OS. The lowest BCUT2D eigenvalue weighted by atomic mass is 10.2. The number of aromatic nitrogens is 1. The van der Waals surface area contributed by atoms with Gasteiger partial charge < -0.3 is 5.32 Å². The minimum Gasteiger partial charge on any atom is -0.326 e. The monoisotopic (exact) mass is 399 g/mol. The van der Waals surface area contributed by atoms with Crippen LogP contribution in [0.25, 0.3) is 0 Å². The van der Waals surface area contributed by atoms with E-state index in [-0.39, 0.29) is 12.3 Å². The third-order valence-corrected chi connectivity index (χ3v) is 5.15. The molecule has 1 amide bonds. The van der Waals surface area contributed by atoms with Gasteiger partial charge in [-0.3, -0.25) is 9.69 Å². The SMILES string of the molecule is Cc1ccc(NC(=O)Cc2nc(CN(C)Cc3cccc(Cl)c3)cs2)cc1. The Labute approximate surface area is 168 Å². The molecule has 0 spiro atoms. The van der Waals surface area contributed by atoms with Crippen molar-refractivity contribution in [2.45, 2.75) is 26.4 Å². The first-order valence-electron chi connectivity index (χ1n) is 8.71. The van der Waals surface area contributed by atoms with Gasteiger partial charge in [0.1, 0.15) is 5.01 Å². The number of benzene rings is 2. The predicted octanol–water partition coefficient (Wildman–Crippen LogP) is 4.92. The topological polar surface area (TPSA) is 45.2 Å². The van der Waals surface area contributed by atoms with Gasteiger partial charge in [-0.05, 0) is 43.8 Å². The van der Waals surface area contributed by atoms with E-state index in [2.05, 4.69) is 21.3 Å². The quantitative estimate of drug-likeness (QED) is 0.613. The van der Waals surface area contributed by atoms with E-state index in [0.717, 1.165) is 40.1 Å². The van der Waals surface area contributed by atoms with Crippen LogP contribution in [0, 0.1) is 6.92 Å². The van der Waals surface area contributed by atoms with Crippen molar-refractivity contribution in [1.82, 2.24) is 9.88 Å². The Hall–Kier alpha value is -2.21. The van der Waals surface area contributed by atoms with Gasteiger partial charge in [0.05, 0.1) is 12.1 Å². The molecule has 1 N–H and O–H groups in total. The lowest BCUT2D eigenvalue weighted by molar-refractivity contribution is -0.115. The molecule has 0 unspecified atom stereocenters. The molecule has 1 heterocycles. The fourth-order valence-electron chi connectivity index (χ4n) is 2.76. The van der Waals surface area contributed by atoms with E-state index >= 15 is 0 Å². The largest absolute Gasteiger partial charge is 0.326 e. The number of amides is 1. The second-order valence-electron chi connectivity index (χ2n) is 6.63. The summed E-state index contributed by atoms with van der Waals surface area (Å²) in [6, 6.07) is 15.6. The Morgan fingerprint density at radius 2 is 1.96 bits per heavy atom. The van der Waals surface area contributed by atoms with Gasteiger partial charge in [0.25, 0.3) is 0 Å². The number of carbonyl (C=O) groups excluding carboxylic acids is 1. The normalized spacial score (nSPS) is 11.0. The second-order valence-corrected chi connectivity index (χ2v) is 8.00. The second kappa shape index (κ2) is 9.13. The molecule has 3 aromatic rings. The van der Waals surface area contributed by atoms with E-state index in [0.29, 0.717) is 0 Å². The molecule has 27 heavy (non-hydrogen) atoms. The lowest BCUT2D eigenvalue weighted by Gasteiger charge is -2.15. The number of anilines is 1. The van der Waals surface area contributed by atoms with E-state index in [1.807, 2.05) is 61.8 Å². The molecule has 0 saturated carbocycles. The maximum absolute atomic E-state index is 12.2. The Morgan fingerprint density at radius 3 is 2.70 bits per heavy atom. The van der Waals surface area contributed by atoms with Gasteiger partial charge in [0.15, 0.2) is 0 Å². The van der Waals surface area contributed by atoms with Crippen molar-refractivity contribution >= 4 is 34.5 Å². The first kappa shape index (κ1) is 19.5. The summed E-state index contributed by atoms with van der Waals surface area (Å²) in [5, 5.41) is 6.50. The summed E-state index contributed by atoms with van der Waals surface area (Å²) >= 11 is 7.56. The van der Waals surface area contributed by atoms with Gasteiger partial charge in [-0.15, -0.1) is 11.3 Å². The molecule has 6 heteroatoms. The molecule has 0 bridgehead atoms. The lowest BCUT2D eigenvalue weighted by Crippen LogP contribution is -2.18. The summed E-state index contributed by atoms with van der Waals surface area (Å²) in [6.45, 7) is 3.54. The zero-order chi connectivity index (χ0) is 19.2. The average Bonchev–Trinajstić information content (AvgIpc) is 3.03. The maximum atomic E-state index is 12.2. The predicted molar refractivity (Wildman–Crippen MR) is 112 cm³/mol. The van der Waals surface area contributed by atoms with Crippen molar-refractivity contribution in [1.29, 1.82) is 0 Å². The zero-order valence-electron chi connectivity index (χ0n) is 15.4. The van der Waals surface area contributed by atoms with Crippen LogP contribution in [0.5, 0.6) is 0 Å². The summed E-state index contributed by atoms with van der Waals surface area (Å²) in [6.07, 6.45) is 0.288. The first-order chi connectivity index (χ1) is 13.0. The Morgan fingerprint density at radius 1 is 1.19 bits per heavy atom. The number of carbonyl (C=O) groups is 1.